The Morgan fingerprint density at radius 1 is 1.07 bits per heavy atom. The van der Waals surface area contributed by atoms with Gasteiger partial charge in [0.05, 0.1) is 11.5 Å². The molecule has 3 nitrogen and oxygen atoms in total. The van der Waals surface area contributed by atoms with E-state index < -0.39 is 11.5 Å². The van der Waals surface area contributed by atoms with Gasteiger partial charge >= 0.3 is 0 Å². The molecule has 2 atom stereocenters. The van der Waals surface area contributed by atoms with Crippen LogP contribution in [0.3, 0.4) is 0 Å². The number of ketones is 1. The zero-order valence-corrected chi connectivity index (χ0v) is 18.9. The minimum absolute atomic E-state index is 0. The summed E-state index contributed by atoms with van der Waals surface area (Å²) in [4.78, 5) is 15.4. The number of rotatable bonds is 6. The number of aryl methyl sites for hydroxylation is 2. The Kier molecular flexibility index (Phi) is 8.60. The molecule has 0 bridgehead atoms. The van der Waals surface area contributed by atoms with Gasteiger partial charge in [0.15, 0.2) is 5.78 Å². The largest absolute Gasteiger partial charge is 0.385 e. The van der Waals surface area contributed by atoms with Gasteiger partial charge in [-0.1, -0.05) is 73.7 Å². The van der Waals surface area contributed by atoms with Crippen LogP contribution in [0.1, 0.15) is 35.6 Å². The number of halogens is 1. The van der Waals surface area contributed by atoms with Crippen molar-refractivity contribution in [1.29, 1.82) is 0 Å². The molecule has 0 amide bonds. The molecule has 2 aromatic carbocycles. The Labute approximate surface area is 186 Å². The number of aliphatic hydroxyl groups is 1. The Hall–Kier alpha value is -2.20. The molecule has 0 radical (unpaired) electrons. The summed E-state index contributed by atoms with van der Waals surface area (Å²) in [5.74, 6) is -0.500. The summed E-state index contributed by atoms with van der Waals surface area (Å²) < 4.78 is 0. The van der Waals surface area contributed by atoms with Crippen molar-refractivity contribution < 1.29 is 9.90 Å². The predicted octanol–water partition coefficient (Wildman–Crippen LogP) is 5.09. The highest BCUT2D eigenvalue weighted by molar-refractivity contribution is 5.96. The molecular formula is C26H32ClNO2. The van der Waals surface area contributed by atoms with E-state index in [0.29, 0.717) is 13.0 Å². The van der Waals surface area contributed by atoms with Gasteiger partial charge in [-0.05, 0) is 55.1 Å². The highest BCUT2D eigenvalue weighted by Gasteiger charge is 2.42. The van der Waals surface area contributed by atoms with E-state index >= 15 is 0 Å². The lowest BCUT2D eigenvalue weighted by molar-refractivity contribution is -0.129. The zero-order valence-electron chi connectivity index (χ0n) is 18.0. The van der Waals surface area contributed by atoms with Crippen LogP contribution in [0.15, 0.2) is 60.7 Å². The van der Waals surface area contributed by atoms with E-state index in [-0.39, 0.29) is 18.2 Å². The van der Waals surface area contributed by atoms with Crippen molar-refractivity contribution in [3.63, 3.8) is 0 Å². The molecule has 1 aliphatic rings. The number of hydrogen-bond acceptors (Lipinski definition) is 3. The van der Waals surface area contributed by atoms with E-state index in [1.165, 1.54) is 0 Å². The van der Waals surface area contributed by atoms with Crippen molar-refractivity contribution in [3.8, 4) is 0 Å². The Bertz CT molecular complexity index is 921. The topological polar surface area (TPSA) is 40.5 Å². The summed E-state index contributed by atoms with van der Waals surface area (Å²) in [7, 11) is 0. The van der Waals surface area contributed by atoms with E-state index in [2.05, 4.69) is 24.8 Å². The minimum atomic E-state index is -1.14. The van der Waals surface area contributed by atoms with E-state index in [4.69, 9.17) is 0 Å². The summed E-state index contributed by atoms with van der Waals surface area (Å²) in [5, 5.41) is 11.5. The Morgan fingerprint density at radius 3 is 2.20 bits per heavy atom. The van der Waals surface area contributed by atoms with Crippen LogP contribution in [0.5, 0.6) is 0 Å². The van der Waals surface area contributed by atoms with Crippen molar-refractivity contribution in [2.75, 3.05) is 19.6 Å². The van der Waals surface area contributed by atoms with E-state index in [1.807, 2.05) is 67.6 Å². The molecular weight excluding hydrogens is 394 g/mol. The van der Waals surface area contributed by atoms with Crippen LogP contribution in [0.2, 0.25) is 0 Å². The zero-order chi connectivity index (χ0) is 20.9. The first-order valence-corrected chi connectivity index (χ1v) is 10.4. The summed E-state index contributed by atoms with van der Waals surface area (Å²) >= 11 is 0. The van der Waals surface area contributed by atoms with E-state index in [0.717, 1.165) is 35.3 Å². The summed E-state index contributed by atoms with van der Waals surface area (Å²) in [6, 6.07) is 16.1. The molecule has 1 heterocycles. The Balaban J connectivity index is 0.00000320. The molecule has 3 rings (SSSR count). The van der Waals surface area contributed by atoms with Crippen LogP contribution < -0.4 is 0 Å². The number of nitrogens with zero attached hydrogens (tertiary/aromatic N) is 1. The fraction of sp³-hybridized carbons (Fsp3) is 0.346. The number of likely N-dealkylation sites (tertiary alicyclic amines) is 1. The molecule has 0 saturated carbocycles. The molecule has 1 saturated heterocycles. The fourth-order valence-electron chi connectivity index (χ4n) is 3.91. The third-order valence-corrected chi connectivity index (χ3v) is 6.02. The monoisotopic (exact) mass is 425 g/mol. The molecule has 2 aromatic rings. The second-order valence-corrected chi connectivity index (χ2v) is 7.97. The normalized spacial score (nSPS) is 22.3. The molecule has 0 spiro atoms. The number of piperidine rings is 1. The van der Waals surface area contributed by atoms with Crippen LogP contribution in [0, 0.1) is 19.8 Å². The fourth-order valence-corrected chi connectivity index (χ4v) is 3.91. The van der Waals surface area contributed by atoms with Crippen molar-refractivity contribution in [3.05, 3.63) is 82.9 Å². The number of benzene rings is 2. The Morgan fingerprint density at radius 2 is 1.63 bits per heavy atom. The second-order valence-electron chi connectivity index (χ2n) is 7.97. The van der Waals surface area contributed by atoms with Gasteiger partial charge in [0, 0.05) is 13.1 Å². The van der Waals surface area contributed by atoms with Crippen LogP contribution in [0.4, 0.5) is 0 Å². The van der Waals surface area contributed by atoms with Crippen molar-refractivity contribution >= 4 is 30.3 Å². The third-order valence-electron chi connectivity index (χ3n) is 6.02. The molecule has 4 heteroatoms. The predicted molar refractivity (Wildman–Crippen MR) is 128 cm³/mol. The van der Waals surface area contributed by atoms with Gasteiger partial charge in [0.2, 0.25) is 0 Å². The maximum absolute atomic E-state index is 13.1. The average molecular weight is 426 g/mol. The van der Waals surface area contributed by atoms with E-state index in [1.54, 1.807) is 6.08 Å². The van der Waals surface area contributed by atoms with Crippen molar-refractivity contribution in [2.24, 2.45) is 5.92 Å². The molecule has 0 aromatic heterocycles. The van der Waals surface area contributed by atoms with Crippen molar-refractivity contribution in [1.82, 2.24) is 4.90 Å². The molecule has 1 N–H and O–H groups in total. The van der Waals surface area contributed by atoms with Crippen molar-refractivity contribution in [2.45, 2.75) is 32.8 Å². The van der Waals surface area contributed by atoms with Gasteiger partial charge in [-0.25, -0.2) is 0 Å². The number of hydrogen-bond donors (Lipinski definition) is 1. The standard InChI is InChI=1S/C26H31NO2.ClH/c1-4-27-18-17-26(29,16-15-23-12-8-6-10-21(23)3)24(19-27)25(28)14-13-22-11-7-5-9-20(22)2;/h5-16,24,29H,4,17-19H2,1-3H3;1H/b14-13+,16-15+;. The molecule has 1 fully saturated rings. The van der Waals surface area contributed by atoms with Gasteiger partial charge in [-0.2, -0.15) is 0 Å². The molecule has 160 valence electrons. The molecule has 0 aliphatic carbocycles. The van der Waals surface area contributed by atoms with Gasteiger partial charge in [0.25, 0.3) is 0 Å². The van der Waals surface area contributed by atoms with E-state index in [9.17, 15) is 9.90 Å². The lowest BCUT2D eigenvalue weighted by atomic mass is 9.77. The van der Waals surface area contributed by atoms with Crippen LogP contribution in [-0.4, -0.2) is 41.0 Å². The molecule has 2 unspecified atom stereocenters. The highest BCUT2D eigenvalue weighted by Crippen LogP contribution is 2.32. The summed E-state index contributed by atoms with van der Waals surface area (Å²) in [6.45, 7) is 8.42. The van der Waals surface area contributed by atoms with Crippen LogP contribution in [0.25, 0.3) is 12.2 Å². The lowest BCUT2D eigenvalue weighted by Crippen LogP contribution is -2.53. The van der Waals surface area contributed by atoms with Gasteiger partial charge < -0.3 is 10.0 Å². The first kappa shape index (κ1) is 24.1. The summed E-state index contributed by atoms with van der Waals surface area (Å²) in [5.41, 5.74) is 3.25. The second kappa shape index (κ2) is 10.7. The third kappa shape index (κ3) is 5.69. The van der Waals surface area contributed by atoms with Crippen LogP contribution >= 0.6 is 12.4 Å². The quantitative estimate of drug-likeness (QED) is 0.655. The molecule has 1 aliphatic heterocycles. The number of carbonyl (C=O) groups excluding carboxylic acids is 1. The maximum Gasteiger partial charge on any atom is 0.163 e. The first-order chi connectivity index (χ1) is 13.9. The molecule has 30 heavy (non-hydrogen) atoms. The van der Waals surface area contributed by atoms with Gasteiger partial charge in [-0.15, -0.1) is 12.4 Å². The smallest absolute Gasteiger partial charge is 0.163 e. The number of allylic oxidation sites excluding steroid dienone is 1. The lowest BCUT2D eigenvalue weighted by Gasteiger charge is -2.41. The van der Waals surface area contributed by atoms with Gasteiger partial charge in [-0.3, -0.25) is 4.79 Å². The summed E-state index contributed by atoms with van der Waals surface area (Å²) in [6.07, 6.45) is 7.86. The first-order valence-electron chi connectivity index (χ1n) is 10.4. The van der Waals surface area contributed by atoms with Gasteiger partial charge in [0.1, 0.15) is 0 Å². The number of carbonyl (C=O) groups is 1. The minimum Gasteiger partial charge on any atom is -0.385 e. The average Bonchev–Trinajstić information content (AvgIpc) is 2.73. The SMILES string of the molecule is CCN1CCC(O)(/C=C/c2ccccc2C)C(C(=O)/C=C/c2ccccc2C)C1.Cl. The van der Waals surface area contributed by atoms with Crippen LogP contribution in [-0.2, 0) is 4.79 Å². The highest BCUT2D eigenvalue weighted by atomic mass is 35.5. The maximum atomic E-state index is 13.1.